The Morgan fingerprint density at radius 1 is 1.62 bits per heavy atom. The second-order valence-corrected chi connectivity index (χ2v) is 6.08. The SMILES string of the molecule is CCNC(c1sccc1C)C1CSCCO1. The second kappa shape index (κ2) is 6.05. The lowest BCUT2D eigenvalue weighted by molar-refractivity contribution is 0.0480. The third-order valence-electron chi connectivity index (χ3n) is 2.82. The van der Waals surface area contributed by atoms with Gasteiger partial charge >= 0.3 is 0 Å². The number of aryl methyl sites for hydroxylation is 1. The van der Waals surface area contributed by atoms with E-state index in [9.17, 15) is 0 Å². The summed E-state index contributed by atoms with van der Waals surface area (Å²) in [6, 6.07) is 2.57. The number of hydrogen-bond donors (Lipinski definition) is 1. The Labute approximate surface area is 106 Å². The second-order valence-electron chi connectivity index (χ2n) is 3.99. The molecule has 0 bridgehead atoms. The van der Waals surface area contributed by atoms with Crippen molar-refractivity contribution in [2.75, 3.05) is 24.7 Å². The lowest BCUT2D eigenvalue weighted by Gasteiger charge is -2.30. The van der Waals surface area contributed by atoms with Crippen molar-refractivity contribution in [3.63, 3.8) is 0 Å². The molecule has 1 aromatic heterocycles. The summed E-state index contributed by atoms with van der Waals surface area (Å²) in [6.07, 6.45) is 0.330. The van der Waals surface area contributed by atoms with Crippen molar-refractivity contribution in [2.24, 2.45) is 0 Å². The highest BCUT2D eigenvalue weighted by Gasteiger charge is 2.27. The molecular formula is C12H19NOS2. The van der Waals surface area contributed by atoms with Crippen LogP contribution in [0.1, 0.15) is 23.4 Å². The monoisotopic (exact) mass is 257 g/mol. The van der Waals surface area contributed by atoms with Gasteiger partial charge in [0, 0.05) is 16.4 Å². The van der Waals surface area contributed by atoms with Gasteiger partial charge in [0.25, 0.3) is 0 Å². The average Bonchev–Trinajstić information content (AvgIpc) is 2.73. The van der Waals surface area contributed by atoms with Crippen LogP contribution >= 0.6 is 23.1 Å². The minimum Gasteiger partial charge on any atom is -0.374 e. The van der Waals surface area contributed by atoms with Crippen LogP contribution in [0.3, 0.4) is 0 Å². The first-order valence-electron chi connectivity index (χ1n) is 5.79. The van der Waals surface area contributed by atoms with Gasteiger partial charge in [-0.05, 0) is 30.5 Å². The van der Waals surface area contributed by atoms with Gasteiger partial charge in [0.2, 0.25) is 0 Å². The van der Waals surface area contributed by atoms with E-state index in [2.05, 4.69) is 30.6 Å². The van der Waals surface area contributed by atoms with Crippen molar-refractivity contribution >= 4 is 23.1 Å². The van der Waals surface area contributed by atoms with Gasteiger partial charge in [-0.3, -0.25) is 0 Å². The van der Waals surface area contributed by atoms with Crippen LogP contribution in [0.15, 0.2) is 11.4 Å². The summed E-state index contributed by atoms with van der Waals surface area (Å²) in [7, 11) is 0. The minimum atomic E-state index is 0.330. The zero-order valence-corrected chi connectivity index (χ0v) is 11.5. The molecule has 0 aliphatic carbocycles. The summed E-state index contributed by atoms with van der Waals surface area (Å²) in [6.45, 7) is 6.23. The fourth-order valence-electron chi connectivity index (χ4n) is 2.01. The summed E-state index contributed by atoms with van der Waals surface area (Å²) >= 11 is 3.84. The number of thioether (sulfide) groups is 1. The normalized spacial score (nSPS) is 23.2. The maximum absolute atomic E-state index is 5.89. The molecule has 0 spiro atoms. The largest absolute Gasteiger partial charge is 0.374 e. The van der Waals surface area contributed by atoms with Gasteiger partial charge in [0.15, 0.2) is 0 Å². The maximum atomic E-state index is 5.89. The molecule has 0 saturated carbocycles. The Morgan fingerprint density at radius 2 is 2.50 bits per heavy atom. The zero-order valence-electron chi connectivity index (χ0n) is 9.86. The van der Waals surface area contributed by atoms with Gasteiger partial charge in [0.1, 0.15) is 0 Å². The van der Waals surface area contributed by atoms with Crippen LogP contribution in [0.5, 0.6) is 0 Å². The standard InChI is InChI=1S/C12H19NOS2/c1-3-13-11(10-8-15-7-5-14-10)12-9(2)4-6-16-12/h4,6,10-11,13H,3,5,7-8H2,1-2H3. The molecule has 1 aromatic rings. The quantitative estimate of drug-likeness (QED) is 0.896. The molecular weight excluding hydrogens is 238 g/mol. The van der Waals surface area contributed by atoms with Gasteiger partial charge in [-0.1, -0.05) is 6.92 Å². The highest BCUT2D eigenvalue weighted by Crippen LogP contribution is 2.30. The number of likely N-dealkylation sites (N-methyl/N-ethyl adjacent to an activating group) is 1. The van der Waals surface area contributed by atoms with E-state index in [1.54, 1.807) is 0 Å². The first-order valence-corrected chi connectivity index (χ1v) is 7.83. The van der Waals surface area contributed by atoms with Crippen LogP contribution in [0, 0.1) is 6.92 Å². The molecule has 2 rings (SSSR count). The summed E-state index contributed by atoms with van der Waals surface area (Å²) in [5, 5.41) is 5.74. The third kappa shape index (κ3) is 2.80. The van der Waals surface area contributed by atoms with Crippen LogP contribution in [0.25, 0.3) is 0 Å². The first kappa shape index (κ1) is 12.4. The first-order chi connectivity index (χ1) is 7.83. The molecule has 16 heavy (non-hydrogen) atoms. The van der Waals surface area contributed by atoms with Crippen LogP contribution in [0.4, 0.5) is 0 Å². The Morgan fingerprint density at radius 3 is 3.06 bits per heavy atom. The van der Waals surface area contributed by atoms with E-state index in [-0.39, 0.29) is 0 Å². The Kier molecular flexibility index (Phi) is 4.70. The van der Waals surface area contributed by atoms with E-state index in [4.69, 9.17) is 4.74 Å². The Balaban J connectivity index is 2.12. The zero-order chi connectivity index (χ0) is 11.4. The van der Waals surface area contributed by atoms with Crippen molar-refractivity contribution in [3.05, 3.63) is 21.9 Å². The van der Waals surface area contributed by atoms with Crippen molar-refractivity contribution < 1.29 is 4.74 Å². The highest BCUT2D eigenvalue weighted by atomic mass is 32.2. The molecule has 1 N–H and O–H groups in total. The van der Waals surface area contributed by atoms with Crippen molar-refractivity contribution in [2.45, 2.75) is 26.0 Å². The molecule has 1 aliphatic rings. The lowest BCUT2D eigenvalue weighted by atomic mass is 10.1. The summed E-state index contributed by atoms with van der Waals surface area (Å²) in [5.41, 5.74) is 1.38. The molecule has 1 fully saturated rings. The molecule has 2 heterocycles. The average molecular weight is 257 g/mol. The molecule has 0 amide bonds. The van der Waals surface area contributed by atoms with Crippen LogP contribution in [-0.2, 0) is 4.74 Å². The number of thiophene rings is 1. The molecule has 90 valence electrons. The summed E-state index contributed by atoms with van der Waals surface area (Å²) < 4.78 is 5.89. The van der Waals surface area contributed by atoms with Crippen molar-refractivity contribution in [1.29, 1.82) is 0 Å². The number of hydrogen-bond acceptors (Lipinski definition) is 4. The molecule has 4 heteroatoms. The Bertz CT molecular complexity index is 321. The minimum absolute atomic E-state index is 0.330. The van der Waals surface area contributed by atoms with E-state index >= 15 is 0 Å². The van der Waals surface area contributed by atoms with Crippen molar-refractivity contribution in [3.8, 4) is 0 Å². The molecule has 2 atom stereocenters. The highest BCUT2D eigenvalue weighted by molar-refractivity contribution is 7.99. The van der Waals surface area contributed by atoms with Gasteiger partial charge in [-0.15, -0.1) is 11.3 Å². The fraction of sp³-hybridized carbons (Fsp3) is 0.667. The molecule has 1 saturated heterocycles. The predicted octanol–water partition coefficient (Wildman–Crippen LogP) is 2.84. The molecule has 0 radical (unpaired) electrons. The number of rotatable bonds is 4. The van der Waals surface area contributed by atoms with Gasteiger partial charge in [-0.2, -0.15) is 11.8 Å². The smallest absolute Gasteiger partial charge is 0.0868 e. The predicted molar refractivity (Wildman–Crippen MR) is 72.5 cm³/mol. The van der Waals surface area contributed by atoms with E-state index < -0.39 is 0 Å². The molecule has 2 nitrogen and oxygen atoms in total. The van der Waals surface area contributed by atoms with E-state index in [1.807, 2.05) is 23.1 Å². The summed E-state index contributed by atoms with van der Waals surface area (Å²) in [5.74, 6) is 2.24. The van der Waals surface area contributed by atoms with Crippen molar-refractivity contribution in [1.82, 2.24) is 5.32 Å². The van der Waals surface area contributed by atoms with Gasteiger partial charge in [0.05, 0.1) is 18.8 Å². The molecule has 2 unspecified atom stereocenters. The number of nitrogens with one attached hydrogen (secondary N) is 1. The lowest BCUT2D eigenvalue weighted by Crippen LogP contribution is -2.38. The third-order valence-corrected chi connectivity index (χ3v) is 4.94. The van der Waals surface area contributed by atoms with E-state index in [1.165, 1.54) is 10.4 Å². The van der Waals surface area contributed by atoms with Crippen LogP contribution in [-0.4, -0.2) is 30.8 Å². The number of ether oxygens (including phenoxy) is 1. The molecule has 1 aliphatic heterocycles. The summed E-state index contributed by atoms with van der Waals surface area (Å²) in [4.78, 5) is 1.44. The molecule has 0 aromatic carbocycles. The van der Waals surface area contributed by atoms with E-state index in [0.29, 0.717) is 12.1 Å². The maximum Gasteiger partial charge on any atom is 0.0868 e. The van der Waals surface area contributed by atoms with Gasteiger partial charge in [-0.25, -0.2) is 0 Å². The van der Waals surface area contributed by atoms with Crippen LogP contribution in [0.2, 0.25) is 0 Å². The van der Waals surface area contributed by atoms with Gasteiger partial charge < -0.3 is 10.1 Å². The fourth-order valence-corrected chi connectivity index (χ4v) is 3.97. The van der Waals surface area contributed by atoms with E-state index in [0.717, 1.165) is 24.7 Å². The Hall–Kier alpha value is -0.0300. The van der Waals surface area contributed by atoms with Crippen LogP contribution < -0.4 is 5.32 Å². The topological polar surface area (TPSA) is 21.3 Å².